The highest BCUT2D eigenvalue weighted by Crippen LogP contribution is 2.50. The van der Waals surface area contributed by atoms with Gasteiger partial charge in [0.15, 0.2) is 0 Å². The van der Waals surface area contributed by atoms with Crippen molar-refractivity contribution in [3.63, 3.8) is 0 Å². The lowest BCUT2D eigenvalue weighted by Gasteiger charge is -2.34. The molecule has 1 aliphatic heterocycles. The zero-order valence-corrected chi connectivity index (χ0v) is 26.5. The summed E-state index contributed by atoms with van der Waals surface area (Å²) in [6.07, 6.45) is 5.35. The van der Waals surface area contributed by atoms with Crippen LogP contribution >= 0.6 is 15.8 Å². The van der Waals surface area contributed by atoms with Gasteiger partial charge >= 0.3 is 0 Å². The largest absolute Gasteiger partial charge is 0.497 e. The van der Waals surface area contributed by atoms with E-state index in [0.717, 1.165) is 23.2 Å². The molecule has 2 bridgehead atoms. The monoisotopic (exact) mass is 606 g/mol. The van der Waals surface area contributed by atoms with Crippen LogP contribution in [-0.4, -0.2) is 18.1 Å². The Morgan fingerprint density at radius 2 is 1.32 bits per heavy atom. The summed E-state index contributed by atoms with van der Waals surface area (Å²) in [6, 6.07) is 44.8. The summed E-state index contributed by atoms with van der Waals surface area (Å²) in [5, 5.41) is 14.4. The molecule has 44 heavy (non-hydrogen) atoms. The van der Waals surface area contributed by atoms with Crippen LogP contribution in [0.2, 0.25) is 0 Å². The van der Waals surface area contributed by atoms with Gasteiger partial charge in [-0.1, -0.05) is 109 Å². The fraction of sp³-hybridized carbons (Fsp3) is 0.103. The molecule has 214 valence electrons. The molecule has 2 aliphatic rings. The Balaban J connectivity index is 1.52. The number of aromatic nitrogens is 1. The molecule has 2 heterocycles. The Bertz CT molecular complexity index is 2090. The van der Waals surface area contributed by atoms with Crippen molar-refractivity contribution in [1.29, 1.82) is 0 Å². The molecule has 6 aromatic rings. The number of hydrogen-bond donors (Lipinski definition) is 1. The van der Waals surface area contributed by atoms with Gasteiger partial charge in [0.25, 0.3) is 0 Å². The SMILES string of the molecule is COC1=CCC2Nc3ccc(C)cc3P(c3ccccc3)c3cccc4cc5cccc(c5nc34)P(c3ccccc3)C2=C1. The highest BCUT2D eigenvalue weighted by atomic mass is 31.1. The van der Waals surface area contributed by atoms with Crippen LogP contribution < -0.4 is 31.8 Å². The maximum atomic E-state index is 5.87. The van der Waals surface area contributed by atoms with Gasteiger partial charge in [-0.15, -0.1) is 0 Å². The summed E-state index contributed by atoms with van der Waals surface area (Å²) in [6.45, 7) is 2.20. The van der Waals surface area contributed by atoms with E-state index < -0.39 is 15.8 Å². The lowest BCUT2D eigenvalue weighted by molar-refractivity contribution is 0.303. The van der Waals surface area contributed by atoms with Crippen LogP contribution in [0.15, 0.2) is 145 Å². The number of fused-ring (bicyclic) bond motifs is 2. The number of hydrogen-bond acceptors (Lipinski definition) is 3. The zero-order valence-electron chi connectivity index (χ0n) is 24.7. The first kappa shape index (κ1) is 27.3. The fourth-order valence-electron chi connectivity index (χ4n) is 6.50. The van der Waals surface area contributed by atoms with Crippen molar-refractivity contribution in [2.45, 2.75) is 19.4 Å². The first-order valence-corrected chi connectivity index (χ1v) is 17.7. The molecule has 1 aliphatic carbocycles. The molecule has 5 aromatic carbocycles. The van der Waals surface area contributed by atoms with Crippen LogP contribution in [0.1, 0.15) is 12.0 Å². The first-order valence-electron chi connectivity index (χ1n) is 15.0. The predicted octanol–water partition coefficient (Wildman–Crippen LogP) is 7.50. The van der Waals surface area contributed by atoms with Gasteiger partial charge in [-0.2, -0.15) is 0 Å². The number of pyridine rings is 1. The minimum atomic E-state index is -0.923. The summed E-state index contributed by atoms with van der Waals surface area (Å²) in [7, 11) is -0.0558. The molecule has 8 rings (SSSR count). The van der Waals surface area contributed by atoms with Gasteiger partial charge in [0.1, 0.15) is 5.76 Å². The molecule has 3 atom stereocenters. The van der Waals surface area contributed by atoms with Gasteiger partial charge in [-0.05, 0) is 75.5 Å². The van der Waals surface area contributed by atoms with Crippen molar-refractivity contribution < 1.29 is 4.74 Å². The average Bonchev–Trinajstić information content (AvgIpc) is 3.06. The molecule has 0 saturated heterocycles. The minimum absolute atomic E-state index is 0.1000. The molecule has 0 spiro atoms. The zero-order chi connectivity index (χ0) is 29.6. The first-order chi connectivity index (χ1) is 21.7. The Hall–Kier alpha value is -4.29. The number of benzene rings is 5. The number of aryl methyl sites for hydroxylation is 1. The number of methoxy groups -OCH3 is 1. The van der Waals surface area contributed by atoms with Crippen molar-refractivity contribution in [2.75, 3.05) is 12.4 Å². The van der Waals surface area contributed by atoms with Crippen LogP contribution in [0.4, 0.5) is 5.69 Å². The molecular weight excluding hydrogens is 574 g/mol. The normalized spacial score (nSPS) is 19.3. The molecular formula is C39H32N2OP2. The van der Waals surface area contributed by atoms with Crippen LogP contribution in [0.25, 0.3) is 21.8 Å². The molecule has 1 aromatic heterocycles. The summed E-state index contributed by atoms with van der Waals surface area (Å²) in [4.78, 5) is 5.64. The fourth-order valence-corrected chi connectivity index (χ4v) is 11.8. The van der Waals surface area contributed by atoms with E-state index in [9.17, 15) is 0 Å². The van der Waals surface area contributed by atoms with Crippen molar-refractivity contribution in [1.82, 2.24) is 4.98 Å². The van der Waals surface area contributed by atoms with Gasteiger partial charge < -0.3 is 10.1 Å². The Morgan fingerprint density at radius 3 is 1.98 bits per heavy atom. The number of para-hydroxylation sites is 2. The molecule has 0 amide bonds. The van der Waals surface area contributed by atoms with Crippen LogP contribution in [0.3, 0.4) is 0 Å². The smallest absolute Gasteiger partial charge is 0.115 e. The Kier molecular flexibility index (Phi) is 7.02. The number of nitrogens with zero attached hydrogens (tertiary/aromatic N) is 1. The van der Waals surface area contributed by atoms with Crippen LogP contribution in [0, 0.1) is 6.92 Å². The summed E-state index contributed by atoms with van der Waals surface area (Å²) < 4.78 is 5.87. The van der Waals surface area contributed by atoms with E-state index in [1.165, 1.54) is 53.9 Å². The molecule has 0 radical (unpaired) electrons. The number of anilines is 1. The van der Waals surface area contributed by atoms with E-state index in [0.29, 0.717) is 0 Å². The third-order valence-corrected chi connectivity index (χ3v) is 13.7. The highest BCUT2D eigenvalue weighted by Gasteiger charge is 2.32. The third-order valence-electron chi connectivity index (χ3n) is 8.56. The lowest BCUT2D eigenvalue weighted by Crippen LogP contribution is -2.32. The van der Waals surface area contributed by atoms with Gasteiger partial charge in [-0.25, -0.2) is 4.98 Å². The maximum Gasteiger partial charge on any atom is 0.115 e. The number of allylic oxidation sites excluding steroid dienone is 1. The number of ether oxygens (including phenoxy) is 1. The number of nitrogens with one attached hydrogen (secondary N) is 1. The van der Waals surface area contributed by atoms with Gasteiger partial charge in [-0.3, -0.25) is 0 Å². The average molecular weight is 607 g/mol. The maximum absolute atomic E-state index is 5.87. The van der Waals surface area contributed by atoms with E-state index in [-0.39, 0.29) is 6.04 Å². The van der Waals surface area contributed by atoms with Gasteiger partial charge in [0.05, 0.1) is 24.2 Å². The van der Waals surface area contributed by atoms with E-state index in [2.05, 4.69) is 146 Å². The van der Waals surface area contributed by atoms with Crippen molar-refractivity contribution in [3.8, 4) is 0 Å². The second kappa shape index (κ2) is 11.3. The van der Waals surface area contributed by atoms with Crippen LogP contribution in [0.5, 0.6) is 0 Å². The topological polar surface area (TPSA) is 34.1 Å². The summed E-state index contributed by atoms with van der Waals surface area (Å²) in [5.41, 5.74) is 4.62. The molecule has 1 N–H and O–H groups in total. The van der Waals surface area contributed by atoms with E-state index in [1.807, 2.05) is 0 Å². The van der Waals surface area contributed by atoms with E-state index >= 15 is 0 Å². The Labute approximate surface area is 260 Å². The van der Waals surface area contributed by atoms with E-state index in [1.54, 1.807) is 7.11 Å². The second-order valence-electron chi connectivity index (χ2n) is 11.4. The highest BCUT2D eigenvalue weighted by molar-refractivity contribution is 7.80. The molecule has 3 nitrogen and oxygen atoms in total. The van der Waals surface area contributed by atoms with Crippen molar-refractivity contribution in [3.05, 3.63) is 150 Å². The minimum Gasteiger partial charge on any atom is -0.497 e. The van der Waals surface area contributed by atoms with Gasteiger partial charge in [0.2, 0.25) is 0 Å². The molecule has 5 heteroatoms. The standard InChI is InChI=1S/C39H32N2OP2/c1-26-19-21-32-36(23-26)43(30-13-5-3-6-14-30)34-17-9-11-27-24-28-12-10-18-35(39(28)41-38(27)34)44(31-15-7-4-8-16-31)37-25-29(42-2)20-22-33(37)40-32/h3-21,23-25,33,40H,22H2,1-2H3. The molecule has 3 unspecified atom stereocenters. The quantitative estimate of drug-likeness (QED) is 0.167. The van der Waals surface area contributed by atoms with E-state index in [4.69, 9.17) is 9.72 Å². The second-order valence-corrected chi connectivity index (χ2v) is 15.7. The Morgan fingerprint density at radius 1 is 0.682 bits per heavy atom. The summed E-state index contributed by atoms with van der Waals surface area (Å²) >= 11 is 0. The van der Waals surface area contributed by atoms with Crippen LogP contribution in [-0.2, 0) is 4.74 Å². The van der Waals surface area contributed by atoms with Crippen molar-refractivity contribution in [2.24, 2.45) is 0 Å². The van der Waals surface area contributed by atoms with Crippen molar-refractivity contribution >= 4 is 69.9 Å². The predicted molar refractivity (Wildman–Crippen MR) is 191 cm³/mol. The lowest BCUT2D eigenvalue weighted by atomic mass is 10.1. The van der Waals surface area contributed by atoms with Gasteiger partial charge in [0, 0.05) is 32.4 Å². The third kappa shape index (κ3) is 4.72. The number of rotatable bonds is 3. The molecule has 0 fully saturated rings. The summed E-state index contributed by atoms with van der Waals surface area (Å²) in [5.74, 6) is 0.921. The molecule has 0 saturated carbocycles.